The number of carboxylic acid groups (broad SMARTS) is 1. The molecule has 6 heteroatoms. The van der Waals surface area contributed by atoms with Crippen LogP contribution in [0, 0.1) is 0 Å². The summed E-state index contributed by atoms with van der Waals surface area (Å²) in [5.74, 6) is -0.908. The number of hydrogen-bond acceptors (Lipinski definition) is 4. The van der Waals surface area contributed by atoms with Crippen LogP contribution in [-0.2, 0) is 16.0 Å². The number of allylic oxidation sites excluding steroid dienone is 1. The second-order valence-electron chi connectivity index (χ2n) is 7.87. The maximum absolute atomic E-state index is 12.5. The van der Waals surface area contributed by atoms with E-state index in [0.717, 1.165) is 28.5 Å². The first kappa shape index (κ1) is 20.6. The summed E-state index contributed by atoms with van der Waals surface area (Å²) in [6.45, 7) is 0. The lowest BCUT2D eigenvalue weighted by Gasteiger charge is -2.25. The summed E-state index contributed by atoms with van der Waals surface area (Å²) in [4.78, 5) is 28.7. The Morgan fingerprint density at radius 2 is 1.87 bits per heavy atom. The number of phenols is 1. The lowest BCUT2D eigenvalue weighted by Crippen LogP contribution is -2.29. The number of aliphatic carboxylic acids is 1. The quantitative estimate of drug-likeness (QED) is 0.556. The van der Waals surface area contributed by atoms with Crippen LogP contribution in [0.25, 0.3) is 10.8 Å². The highest BCUT2D eigenvalue weighted by Gasteiger charge is 2.27. The molecule has 0 spiro atoms. The van der Waals surface area contributed by atoms with E-state index < -0.39 is 5.97 Å². The van der Waals surface area contributed by atoms with Gasteiger partial charge in [0, 0.05) is 29.9 Å². The number of nitrogens with one attached hydrogen (secondary N) is 1. The monoisotopic (exact) mass is 416 g/mol. The first-order valence-electron chi connectivity index (χ1n) is 10.4. The van der Waals surface area contributed by atoms with E-state index in [2.05, 4.69) is 10.3 Å². The van der Waals surface area contributed by atoms with Crippen molar-refractivity contribution in [1.29, 1.82) is 0 Å². The number of pyridine rings is 1. The molecule has 1 aliphatic rings. The van der Waals surface area contributed by atoms with Crippen molar-refractivity contribution in [2.75, 3.05) is 0 Å². The van der Waals surface area contributed by atoms with Gasteiger partial charge in [0.15, 0.2) is 0 Å². The molecule has 1 amide bonds. The standard InChI is InChI=1S/C25H24N2O4/c28-20-9-7-17-13-16(4-6-18(17)14-20)5-11-24(29)27-23-10-8-19(15-21(23)25(30)31)22-3-1-2-12-26-22/h1-4,6-7,9,12-14,19,28H,5,8,10-11,15H2,(H,27,29)(H,30,31). The van der Waals surface area contributed by atoms with Gasteiger partial charge in [-0.2, -0.15) is 0 Å². The van der Waals surface area contributed by atoms with Gasteiger partial charge in [0.25, 0.3) is 0 Å². The van der Waals surface area contributed by atoms with Crippen molar-refractivity contribution in [2.45, 2.75) is 38.0 Å². The molecule has 0 saturated heterocycles. The fourth-order valence-corrected chi connectivity index (χ4v) is 4.09. The number of nitrogens with zero attached hydrogens (tertiary/aromatic N) is 1. The van der Waals surface area contributed by atoms with Gasteiger partial charge < -0.3 is 15.5 Å². The van der Waals surface area contributed by atoms with Crippen molar-refractivity contribution in [3.63, 3.8) is 0 Å². The minimum Gasteiger partial charge on any atom is -0.508 e. The SMILES string of the molecule is O=C(CCc1ccc2cc(O)ccc2c1)NC1=C(C(=O)O)CC(c2ccccn2)CC1. The normalized spacial score (nSPS) is 16.3. The number of aromatic hydroxyl groups is 1. The second kappa shape index (κ2) is 9.00. The molecule has 0 saturated carbocycles. The molecule has 2 aromatic carbocycles. The molecule has 1 aliphatic carbocycles. The molecule has 0 aliphatic heterocycles. The molecular formula is C25H24N2O4. The number of aromatic nitrogens is 1. The van der Waals surface area contributed by atoms with Gasteiger partial charge in [-0.3, -0.25) is 9.78 Å². The Bertz CT molecular complexity index is 1150. The summed E-state index contributed by atoms with van der Waals surface area (Å²) >= 11 is 0. The van der Waals surface area contributed by atoms with E-state index in [9.17, 15) is 19.8 Å². The van der Waals surface area contributed by atoms with Crippen LogP contribution in [0.15, 0.2) is 72.1 Å². The molecule has 1 aromatic heterocycles. The topological polar surface area (TPSA) is 99.5 Å². The predicted molar refractivity (Wildman–Crippen MR) is 118 cm³/mol. The number of hydrogen-bond donors (Lipinski definition) is 3. The zero-order valence-electron chi connectivity index (χ0n) is 17.0. The molecule has 0 fully saturated rings. The van der Waals surface area contributed by atoms with E-state index in [-0.39, 0.29) is 29.6 Å². The number of amides is 1. The van der Waals surface area contributed by atoms with E-state index in [4.69, 9.17) is 0 Å². The van der Waals surface area contributed by atoms with Crippen molar-refractivity contribution in [3.05, 3.63) is 83.3 Å². The number of rotatable bonds is 6. The molecule has 1 atom stereocenters. The highest BCUT2D eigenvalue weighted by Crippen LogP contribution is 2.34. The Morgan fingerprint density at radius 3 is 2.65 bits per heavy atom. The second-order valence-corrected chi connectivity index (χ2v) is 7.87. The lowest BCUT2D eigenvalue weighted by atomic mass is 9.84. The third kappa shape index (κ3) is 4.91. The van der Waals surface area contributed by atoms with Crippen LogP contribution in [0.1, 0.15) is 42.9 Å². The van der Waals surface area contributed by atoms with Crippen LogP contribution in [0.2, 0.25) is 0 Å². The van der Waals surface area contributed by atoms with Crippen LogP contribution in [-0.4, -0.2) is 27.1 Å². The summed E-state index contributed by atoms with van der Waals surface area (Å²) in [5.41, 5.74) is 2.68. The number of benzene rings is 2. The molecule has 3 aromatic rings. The highest BCUT2D eigenvalue weighted by molar-refractivity contribution is 5.90. The van der Waals surface area contributed by atoms with E-state index in [1.807, 2.05) is 42.5 Å². The third-order valence-corrected chi connectivity index (χ3v) is 5.74. The Labute approximate surface area is 180 Å². The zero-order valence-corrected chi connectivity index (χ0v) is 17.0. The molecule has 3 N–H and O–H groups in total. The largest absolute Gasteiger partial charge is 0.508 e. The van der Waals surface area contributed by atoms with Crippen LogP contribution in [0.5, 0.6) is 5.75 Å². The molecule has 6 nitrogen and oxygen atoms in total. The zero-order chi connectivity index (χ0) is 21.8. The first-order valence-corrected chi connectivity index (χ1v) is 10.4. The molecule has 4 rings (SSSR count). The molecule has 1 unspecified atom stereocenters. The van der Waals surface area contributed by atoms with Gasteiger partial charge in [-0.25, -0.2) is 4.79 Å². The van der Waals surface area contributed by atoms with Gasteiger partial charge in [0.05, 0.1) is 5.57 Å². The summed E-state index contributed by atoms with van der Waals surface area (Å²) < 4.78 is 0. The molecule has 0 radical (unpaired) electrons. The average molecular weight is 416 g/mol. The minimum absolute atomic E-state index is 0.0463. The molecule has 158 valence electrons. The maximum atomic E-state index is 12.5. The van der Waals surface area contributed by atoms with Crippen molar-refractivity contribution >= 4 is 22.6 Å². The van der Waals surface area contributed by atoms with Gasteiger partial charge in [0.2, 0.25) is 5.91 Å². The van der Waals surface area contributed by atoms with E-state index >= 15 is 0 Å². The number of carboxylic acids is 1. The van der Waals surface area contributed by atoms with Crippen molar-refractivity contribution in [1.82, 2.24) is 10.3 Å². The predicted octanol–water partition coefficient (Wildman–Crippen LogP) is 4.30. The smallest absolute Gasteiger partial charge is 0.333 e. The summed E-state index contributed by atoms with van der Waals surface area (Å²) in [7, 11) is 0. The van der Waals surface area contributed by atoms with E-state index in [0.29, 0.717) is 25.0 Å². The fourth-order valence-electron chi connectivity index (χ4n) is 4.09. The van der Waals surface area contributed by atoms with Crippen LogP contribution in [0.3, 0.4) is 0 Å². The van der Waals surface area contributed by atoms with E-state index in [1.165, 1.54) is 0 Å². The Kier molecular flexibility index (Phi) is 5.98. The van der Waals surface area contributed by atoms with Crippen molar-refractivity contribution in [2.24, 2.45) is 0 Å². The number of aryl methyl sites for hydroxylation is 1. The molecule has 0 bridgehead atoms. The number of phenolic OH excluding ortho intramolecular Hbond substituents is 1. The number of carbonyl (C=O) groups excluding carboxylic acids is 1. The summed E-state index contributed by atoms with van der Waals surface area (Å²) in [6.07, 6.45) is 4.15. The number of carbonyl (C=O) groups is 2. The Hall–Kier alpha value is -3.67. The minimum atomic E-state index is -0.992. The summed E-state index contributed by atoms with van der Waals surface area (Å²) in [5, 5.41) is 24.0. The number of fused-ring (bicyclic) bond motifs is 1. The molecule has 31 heavy (non-hydrogen) atoms. The average Bonchev–Trinajstić information content (AvgIpc) is 2.78. The maximum Gasteiger partial charge on any atom is 0.333 e. The Balaban J connectivity index is 1.41. The van der Waals surface area contributed by atoms with E-state index in [1.54, 1.807) is 18.3 Å². The van der Waals surface area contributed by atoms with Crippen LogP contribution < -0.4 is 5.32 Å². The van der Waals surface area contributed by atoms with Gasteiger partial charge in [-0.15, -0.1) is 0 Å². The third-order valence-electron chi connectivity index (χ3n) is 5.74. The highest BCUT2D eigenvalue weighted by atomic mass is 16.4. The van der Waals surface area contributed by atoms with Gasteiger partial charge in [0.1, 0.15) is 5.75 Å². The van der Waals surface area contributed by atoms with Gasteiger partial charge in [-0.05, 0) is 66.3 Å². The Morgan fingerprint density at radius 1 is 1.06 bits per heavy atom. The molecule has 1 heterocycles. The fraction of sp³-hybridized carbons (Fsp3) is 0.240. The van der Waals surface area contributed by atoms with Crippen molar-refractivity contribution < 1.29 is 19.8 Å². The lowest BCUT2D eigenvalue weighted by molar-refractivity contribution is -0.133. The van der Waals surface area contributed by atoms with Gasteiger partial charge >= 0.3 is 5.97 Å². The van der Waals surface area contributed by atoms with Crippen LogP contribution in [0.4, 0.5) is 0 Å². The first-order chi connectivity index (χ1) is 15.0. The van der Waals surface area contributed by atoms with Gasteiger partial charge in [-0.1, -0.05) is 30.3 Å². The van der Waals surface area contributed by atoms with Crippen LogP contribution >= 0.6 is 0 Å². The van der Waals surface area contributed by atoms with Crippen molar-refractivity contribution in [3.8, 4) is 5.75 Å². The molecular weight excluding hydrogens is 392 g/mol. The summed E-state index contributed by atoms with van der Waals surface area (Å²) in [6, 6.07) is 16.7.